The second-order valence-electron chi connectivity index (χ2n) is 4.98. The first-order valence-electron chi connectivity index (χ1n) is 6.83. The first kappa shape index (κ1) is 15.0. The first-order chi connectivity index (χ1) is 7.20. The number of nitrogens with zero attached hydrogens (tertiary/aromatic N) is 1. The van der Waals surface area contributed by atoms with Crippen molar-refractivity contribution < 1.29 is 0 Å². The van der Waals surface area contributed by atoms with Crippen molar-refractivity contribution in [3.05, 3.63) is 0 Å². The topological polar surface area (TPSA) is 14.1 Å². The number of hydrogen-bond donors (Lipinski definition) is 0. The molecule has 0 spiro atoms. The van der Waals surface area contributed by atoms with Crippen molar-refractivity contribution in [2.24, 2.45) is 11.8 Å². The molecular weight excluding hydrogens is 182 g/mol. The molecule has 2 atom stereocenters. The Morgan fingerprint density at radius 1 is 0.800 bits per heavy atom. The molecule has 0 heterocycles. The van der Waals surface area contributed by atoms with Crippen molar-refractivity contribution in [1.29, 1.82) is 0 Å². The van der Waals surface area contributed by atoms with Gasteiger partial charge in [-0.05, 0) is 37.5 Å². The van der Waals surface area contributed by atoms with Crippen molar-refractivity contribution in [3.63, 3.8) is 0 Å². The van der Waals surface area contributed by atoms with Gasteiger partial charge in [0.05, 0.1) is 0 Å². The van der Waals surface area contributed by atoms with E-state index in [-0.39, 0.29) is 0 Å². The third kappa shape index (κ3) is 10.2. The smallest absolute Gasteiger partial charge is 0.0133 e. The number of hydrogen-bond acceptors (Lipinski definition) is 0. The molecule has 0 saturated carbocycles. The molecule has 0 amide bonds. The Bertz CT molecular complexity index is 109. The predicted octanol–water partition coefficient (Wildman–Crippen LogP) is 4.24. The molecule has 0 aromatic carbocycles. The first-order valence-corrected chi connectivity index (χ1v) is 6.83. The van der Waals surface area contributed by atoms with Crippen LogP contribution in [0, 0.1) is 11.8 Å². The van der Waals surface area contributed by atoms with Gasteiger partial charge in [0, 0.05) is 13.1 Å². The largest absolute Gasteiger partial charge is 0.242 e. The molecule has 1 heteroatoms. The number of rotatable bonds is 10. The summed E-state index contributed by atoms with van der Waals surface area (Å²) in [5.41, 5.74) is 0. The minimum atomic E-state index is 0.889. The summed E-state index contributed by atoms with van der Waals surface area (Å²) >= 11 is 0. The van der Waals surface area contributed by atoms with E-state index in [1.807, 2.05) is 0 Å². The molecule has 91 valence electrons. The average Bonchev–Trinajstić information content (AvgIpc) is 2.26. The summed E-state index contributed by atoms with van der Waals surface area (Å²) in [6.45, 7) is 11.4. The molecule has 1 nitrogen and oxygen atoms in total. The summed E-state index contributed by atoms with van der Waals surface area (Å²) in [7, 11) is 0. The van der Waals surface area contributed by atoms with Gasteiger partial charge in [-0.2, -0.15) is 0 Å². The normalized spacial score (nSPS) is 15.2. The van der Waals surface area contributed by atoms with E-state index < -0.39 is 0 Å². The third-order valence-electron chi connectivity index (χ3n) is 3.42. The lowest BCUT2D eigenvalue weighted by atomic mass is 10.0. The zero-order valence-electron chi connectivity index (χ0n) is 11.3. The van der Waals surface area contributed by atoms with Crippen LogP contribution in [0.15, 0.2) is 0 Å². The molecule has 0 aliphatic rings. The fourth-order valence-corrected chi connectivity index (χ4v) is 1.62. The molecule has 0 saturated heterocycles. The van der Waals surface area contributed by atoms with Gasteiger partial charge in [-0.1, -0.05) is 40.5 Å². The van der Waals surface area contributed by atoms with Crippen molar-refractivity contribution in [2.75, 3.05) is 13.1 Å². The fraction of sp³-hybridized carbons (Fsp3) is 1.00. The standard InChI is InChI=1S/C14H30N/c1-5-13(3)9-7-11-15-12-8-10-14(4)6-2/h13-14H,5-12H2,1-4H3. The van der Waals surface area contributed by atoms with Gasteiger partial charge in [0.25, 0.3) is 0 Å². The Morgan fingerprint density at radius 2 is 1.20 bits per heavy atom. The highest BCUT2D eigenvalue weighted by molar-refractivity contribution is 4.55. The summed E-state index contributed by atoms with van der Waals surface area (Å²) in [4.78, 5) is 0. The highest BCUT2D eigenvalue weighted by Gasteiger charge is 2.00. The minimum absolute atomic E-state index is 0.889. The predicted molar refractivity (Wildman–Crippen MR) is 69.2 cm³/mol. The summed E-state index contributed by atoms with van der Waals surface area (Å²) in [5.74, 6) is 1.78. The van der Waals surface area contributed by atoms with Crippen LogP contribution in [0.3, 0.4) is 0 Å². The molecule has 2 unspecified atom stereocenters. The second kappa shape index (κ2) is 10.5. The van der Waals surface area contributed by atoms with Crippen LogP contribution in [0.4, 0.5) is 0 Å². The van der Waals surface area contributed by atoms with E-state index in [1.54, 1.807) is 0 Å². The van der Waals surface area contributed by atoms with Gasteiger partial charge in [-0.3, -0.25) is 0 Å². The van der Waals surface area contributed by atoms with E-state index in [2.05, 4.69) is 33.0 Å². The molecule has 0 aliphatic heterocycles. The fourth-order valence-electron chi connectivity index (χ4n) is 1.62. The molecule has 0 aromatic heterocycles. The minimum Gasteiger partial charge on any atom is -0.242 e. The average molecular weight is 212 g/mol. The van der Waals surface area contributed by atoms with E-state index in [1.165, 1.54) is 38.5 Å². The molecule has 0 fully saturated rings. The monoisotopic (exact) mass is 212 g/mol. The van der Waals surface area contributed by atoms with Gasteiger partial charge in [0.2, 0.25) is 0 Å². The Morgan fingerprint density at radius 3 is 1.53 bits per heavy atom. The molecule has 1 radical (unpaired) electrons. The summed E-state index contributed by atoms with van der Waals surface area (Å²) in [6, 6.07) is 0. The maximum atomic E-state index is 4.58. The van der Waals surface area contributed by atoms with Gasteiger partial charge >= 0.3 is 0 Å². The Hall–Kier alpha value is -0.0400. The zero-order chi connectivity index (χ0) is 11.5. The lowest BCUT2D eigenvalue weighted by Crippen LogP contribution is -2.10. The van der Waals surface area contributed by atoms with Crippen molar-refractivity contribution in [1.82, 2.24) is 5.32 Å². The van der Waals surface area contributed by atoms with Crippen molar-refractivity contribution >= 4 is 0 Å². The summed E-state index contributed by atoms with van der Waals surface area (Å²) in [5, 5.41) is 4.58. The van der Waals surface area contributed by atoms with E-state index >= 15 is 0 Å². The van der Waals surface area contributed by atoms with Gasteiger partial charge in [-0.25, -0.2) is 5.32 Å². The molecule has 0 aliphatic carbocycles. The molecule has 0 N–H and O–H groups in total. The van der Waals surface area contributed by atoms with Crippen LogP contribution in [0.1, 0.15) is 66.2 Å². The Kier molecular flexibility index (Phi) is 10.4. The van der Waals surface area contributed by atoms with Gasteiger partial charge in [0.15, 0.2) is 0 Å². The van der Waals surface area contributed by atoms with Crippen LogP contribution in [0.2, 0.25) is 0 Å². The Labute approximate surface area is 97.0 Å². The van der Waals surface area contributed by atoms with E-state index in [9.17, 15) is 0 Å². The van der Waals surface area contributed by atoms with Gasteiger partial charge in [0.1, 0.15) is 0 Å². The van der Waals surface area contributed by atoms with Crippen molar-refractivity contribution in [2.45, 2.75) is 66.2 Å². The van der Waals surface area contributed by atoms with E-state index in [4.69, 9.17) is 0 Å². The van der Waals surface area contributed by atoms with Gasteiger partial charge < -0.3 is 0 Å². The van der Waals surface area contributed by atoms with Crippen LogP contribution < -0.4 is 5.32 Å². The highest BCUT2D eigenvalue weighted by atomic mass is 14.8. The van der Waals surface area contributed by atoms with Gasteiger partial charge in [-0.15, -0.1) is 0 Å². The molecule has 0 bridgehead atoms. The molecule has 0 rings (SSSR count). The van der Waals surface area contributed by atoms with Crippen LogP contribution >= 0.6 is 0 Å². The lowest BCUT2D eigenvalue weighted by Gasteiger charge is -2.09. The van der Waals surface area contributed by atoms with E-state index in [0.29, 0.717) is 0 Å². The van der Waals surface area contributed by atoms with Crippen LogP contribution in [-0.4, -0.2) is 13.1 Å². The lowest BCUT2D eigenvalue weighted by molar-refractivity contribution is 0.455. The van der Waals surface area contributed by atoms with Crippen LogP contribution in [0.25, 0.3) is 0 Å². The molecule has 0 aromatic rings. The second-order valence-corrected chi connectivity index (χ2v) is 4.98. The van der Waals surface area contributed by atoms with Crippen LogP contribution in [-0.2, 0) is 0 Å². The molecule has 15 heavy (non-hydrogen) atoms. The SMILES string of the molecule is CCC(C)CCC[N]CCCC(C)CC. The molecular formula is C14H30N. The third-order valence-corrected chi connectivity index (χ3v) is 3.42. The maximum Gasteiger partial charge on any atom is 0.0133 e. The summed E-state index contributed by atoms with van der Waals surface area (Å²) in [6.07, 6.45) is 7.91. The van der Waals surface area contributed by atoms with Crippen molar-refractivity contribution in [3.8, 4) is 0 Å². The quantitative estimate of drug-likeness (QED) is 0.481. The maximum absolute atomic E-state index is 4.58. The van der Waals surface area contributed by atoms with Crippen LogP contribution in [0.5, 0.6) is 0 Å². The van der Waals surface area contributed by atoms with E-state index in [0.717, 1.165) is 24.9 Å². The highest BCUT2D eigenvalue weighted by Crippen LogP contribution is 2.09. The Balaban J connectivity index is 3.05. The summed E-state index contributed by atoms with van der Waals surface area (Å²) < 4.78 is 0. The zero-order valence-corrected chi connectivity index (χ0v) is 11.3.